The molecule has 0 N–H and O–H groups in total. The highest BCUT2D eigenvalue weighted by Gasteiger charge is 2.22. The van der Waals surface area contributed by atoms with Gasteiger partial charge < -0.3 is 9.30 Å². The number of nitrogens with zero attached hydrogens (tertiary/aromatic N) is 4. The number of aromatic nitrogens is 3. The summed E-state index contributed by atoms with van der Waals surface area (Å²) in [5, 5.41) is 0.229. The number of hydrogen-bond acceptors (Lipinski definition) is 5. The van der Waals surface area contributed by atoms with Crippen molar-refractivity contribution in [1.29, 1.82) is 0 Å². The molecule has 4 rings (SSSR count). The molecule has 3 heterocycles. The van der Waals surface area contributed by atoms with Crippen molar-refractivity contribution < 1.29 is 14.3 Å². The molecule has 0 bridgehead atoms. The van der Waals surface area contributed by atoms with Gasteiger partial charge in [-0.2, -0.15) is 4.99 Å². The van der Waals surface area contributed by atoms with Crippen LogP contribution in [0, 0.1) is 6.92 Å². The highest BCUT2D eigenvalue weighted by atomic mass is 79.9. The lowest BCUT2D eigenvalue weighted by atomic mass is 10.1. The smallest absolute Gasteiger partial charge is 0.341 e. The molecule has 8 nitrogen and oxygen atoms in total. The van der Waals surface area contributed by atoms with Gasteiger partial charge in [-0.3, -0.25) is 14.0 Å². The molecule has 4 aromatic rings. The molecule has 0 aliphatic carbocycles. The highest BCUT2D eigenvalue weighted by molar-refractivity contribution is 9.10. The summed E-state index contributed by atoms with van der Waals surface area (Å²) in [5.74, 6) is -1.22. The van der Waals surface area contributed by atoms with Gasteiger partial charge in [-0.1, -0.05) is 18.2 Å². The first-order chi connectivity index (χ1) is 16.2. The average molecular weight is 523 g/mol. The first kappa shape index (κ1) is 23.6. The van der Waals surface area contributed by atoms with E-state index in [-0.39, 0.29) is 34.6 Å². The lowest BCUT2D eigenvalue weighted by molar-refractivity contribution is 0.0523. The molecule has 0 unspecified atom stereocenters. The lowest BCUT2D eigenvalue weighted by Crippen LogP contribution is -2.33. The van der Waals surface area contributed by atoms with Crippen LogP contribution in [0.15, 0.2) is 62.9 Å². The average Bonchev–Trinajstić information content (AvgIpc) is 2.79. The number of halogens is 1. The van der Waals surface area contributed by atoms with Gasteiger partial charge in [0.25, 0.3) is 11.5 Å². The number of esters is 1. The van der Waals surface area contributed by atoms with Crippen LogP contribution in [0.5, 0.6) is 0 Å². The van der Waals surface area contributed by atoms with Crippen LogP contribution < -0.4 is 11.0 Å². The molecule has 9 heteroatoms. The van der Waals surface area contributed by atoms with Crippen molar-refractivity contribution in [3.05, 3.63) is 85.7 Å². The highest BCUT2D eigenvalue weighted by Crippen LogP contribution is 2.19. The van der Waals surface area contributed by atoms with Crippen molar-refractivity contribution in [1.82, 2.24) is 14.0 Å². The zero-order valence-corrected chi connectivity index (χ0v) is 20.8. The largest absolute Gasteiger partial charge is 0.462 e. The third-order valence-corrected chi connectivity index (χ3v) is 6.07. The van der Waals surface area contributed by atoms with E-state index in [1.807, 2.05) is 26.8 Å². The maximum Gasteiger partial charge on any atom is 0.341 e. The minimum atomic E-state index is -0.675. The second-order valence-electron chi connectivity index (χ2n) is 8.00. The van der Waals surface area contributed by atoms with Gasteiger partial charge in [0.15, 0.2) is 5.49 Å². The molecule has 3 aromatic heterocycles. The Morgan fingerprint density at radius 3 is 2.53 bits per heavy atom. The maximum absolute atomic E-state index is 13.4. The predicted molar refractivity (Wildman–Crippen MR) is 132 cm³/mol. The lowest BCUT2D eigenvalue weighted by Gasteiger charge is -2.18. The van der Waals surface area contributed by atoms with Crippen LogP contribution in [-0.4, -0.2) is 32.4 Å². The van der Waals surface area contributed by atoms with E-state index in [4.69, 9.17) is 9.72 Å². The van der Waals surface area contributed by atoms with E-state index < -0.39 is 11.9 Å². The molecule has 0 saturated heterocycles. The summed E-state index contributed by atoms with van der Waals surface area (Å²) in [6, 6.07) is 11.7. The summed E-state index contributed by atoms with van der Waals surface area (Å²) >= 11 is 3.38. The van der Waals surface area contributed by atoms with E-state index >= 15 is 0 Å². The number of pyridine rings is 2. The number of rotatable bonds is 4. The fraction of sp³-hybridized carbons (Fsp3) is 0.240. The van der Waals surface area contributed by atoms with Crippen LogP contribution in [0.4, 0.5) is 0 Å². The Morgan fingerprint density at radius 1 is 1.12 bits per heavy atom. The van der Waals surface area contributed by atoms with Gasteiger partial charge in [-0.25, -0.2) is 9.78 Å². The van der Waals surface area contributed by atoms with Gasteiger partial charge in [0.2, 0.25) is 0 Å². The molecule has 0 aliphatic rings. The molecule has 1 aromatic carbocycles. The Kier molecular flexibility index (Phi) is 6.47. The molecule has 0 fully saturated rings. The Bertz CT molecular complexity index is 1580. The zero-order chi connectivity index (χ0) is 24.6. The fourth-order valence-corrected chi connectivity index (χ4v) is 4.26. The quantitative estimate of drug-likeness (QED) is 0.295. The van der Waals surface area contributed by atoms with Crippen molar-refractivity contribution in [3.63, 3.8) is 0 Å². The second kappa shape index (κ2) is 9.34. The van der Waals surface area contributed by atoms with E-state index in [9.17, 15) is 14.4 Å². The van der Waals surface area contributed by atoms with E-state index in [0.717, 1.165) is 5.56 Å². The molecule has 0 atom stereocenters. The Labute approximate surface area is 203 Å². The molecule has 0 aliphatic heterocycles. The molecule has 0 spiro atoms. The van der Waals surface area contributed by atoms with Crippen molar-refractivity contribution >= 4 is 44.5 Å². The Morgan fingerprint density at radius 2 is 1.85 bits per heavy atom. The maximum atomic E-state index is 13.4. The first-order valence-electron chi connectivity index (χ1n) is 10.8. The summed E-state index contributed by atoms with van der Waals surface area (Å²) < 4.78 is 8.92. The summed E-state index contributed by atoms with van der Waals surface area (Å²) in [5.41, 5.74) is 1.76. The van der Waals surface area contributed by atoms with Crippen molar-refractivity contribution in [2.45, 2.75) is 33.7 Å². The summed E-state index contributed by atoms with van der Waals surface area (Å²) in [4.78, 5) is 48.6. The zero-order valence-electron chi connectivity index (χ0n) is 19.2. The van der Waals surface area contributed by atoms with E-state index in [1.54, 1.807) is 48.0 Å². The topological polar surface area (TPSA) is 95.0 Å². The van der Waals surface area contributed by atoms with Crippen LogP contribution in [-0.2, 0) is 4.74 Å². The number of carbonyl (C=O) groups excluding carboxylic acids is 2. The van der Waals surface area contributed by atoms with Crippen LogP contribution >= 0.6 is 15.9 Å². The van der Waals surface area contributed by atoms with Gasteiger partial charge in [0.1, 0.15) is 16.9 Å². The number of aryl methyl sites for hydroxylation is 1. The minimum absolute atomic E-state index is 0.0231. The minimum Gasteiger partial charge on any atom is -0.462 e. The normalized spacial score (nSPS) is 12.0. The molecule has 0 saturated carbocycles. The van der Waals surface area contributed by atoms with Gasteiger partial charge in [0.05, 0.1) is 17.6 Å². The monoisotopic (exact) mass is 522 g/mol. The SMILES string of the molecule is CCOC(=O)c1cc2c(=O)n3cccc(C)c3nc2n(C(C)C)c1=NC(=O)c1ccccc1Br. The van der Waals surface area contributed by atoms with Crippen LogP contribution in [0.3, 0.4) is 0 Å². The molecule has 0 radical (unpaired) electrons. The molecule has 1 amide bonds. The molecule has 34 heavy (non-hydrogen) atoms. The van der Waals surface area contributed by atoms with Gasteiger partial charge in [0, 0.05) is 16.7 Å². The van der Waals surface area contributed by atoms with Gasteiger partial charge in [-0.05, 0) is 73.5 Å². The number of benzene rings is 1. The van der Waals surface area contributed by atoms with Crippen molar-refractivity contribution in [2.75, 3.05) is 6.61 Å². The standard InChI is InChI=1S/C25H23BrN4O4/c1-5-34-25(33)18-13-17-21(27-20-15(4)9-8-12-29(20)24(17)32)30(14(2)3)22(18)28-23(31)16-10-6-7-11-19(16)26/h6-14H,5H2,1-4H3. The van der Waals surface area contributed by atoms with Gasteiger partial charge in [-0.15, -0.1) is 0 Å². The van der Waals surface area contributed by atoms with Crippen LogP contribution in [0.2, 0.25) is 0 Å². The predicted octanol–water partition coefficient (Wildman–Crippen LogP) is 4.22. The van der Waals surface area contributed by atoms with Crippen molar-refractivity contribution in [3.8, 4) is 0 Å². The third-order valence-electron chi connectivity index (χ3n) is 5.37. The first-order valence-corrected chi connectivity index (χ1v) is 11.6. The Hall–Kier alpha value is -3.59. The van der Waals surface area contributed by atoms with Gasteiger partial charge >= 0.3 is 5.97 Å². The molecule has 174 valence electrons. The van der Waals surface area contributed by atoms with Crippen molar-refractivity contribution in [2.24, 2.45) is 4.99 Å². The number of hydrogen-bond donors (Lipinski definition) is 0. The van der Waals surface area contributed by atoms with E-state index in [0.29, 0.717) is 21.3 Å². The van der Waals surface area contributed by atoms with E-state index in [2.05, 4.69) is 20.9 Å². The molecular formula is C25H23BrN4O4. The summed E-state index contributed by atoms with van der Waals surface area (Å²) in [6.07, 6.45) is 1.63. The van der Waals surface area contributed by atoms with Crippen LogP contribution in [0.25, 0.3) is 16.7 Å². The number of ether oxygens (including phenoxy) is 1. The number of fused-ring (bicyclic) bond motifs is 2. The van der Waals surface area contributed by atoms with Crippen LogP contribution in [0.1, 0.15) is 53.1 Å². The third kappa shape index (κ3) is 4.07. The summed E-state index contributed by atoms with van der Waals surface area (Å²) in [7, 11) is 0. The number of amides is 1. The Balaban J connectivity index is 2.19. The second-order valence-corrected chi connectivity index (χ2v) is 8.86. The number of carbonyl (C=O) groups is 2. The summed E-state index contributed by atoms with van der Waals surface area (Å²) in [6.45, 7) is 7.42. The molecular weight excluding hydrogens is 500 g/mol. The van der Waals surface area contributed by atoms with E-state index in [1.165, 1.54) is 10.5 Å². The fourth-order valence-electron chi connectivity index (χ4n) is 3.80.